The van der Waals surface area contributed by atoms with E-state index in [2.05, 4.69) is 5.32 Å². The second-order valence-corrected chi connectivity index (χ2v) is 2.98. The number of nitrogens with two attached hydrogens (primary N) is 1. The maximum Gasteiger partial charge on any atom is 0.219 e. The van der Waals surface area contributed by atoms with Gasteiger partial charge in [-0.2, -0.15) is 0 Å². The van der Waals surface area contributed by atoms with Crippen molar-refractivity contribution in [3.63, 3.8) is 0 Å². The van der Waals surface area contributed by atoms with Crippen LogP contribution >= 0.6 is 0 Å². The number of primary amides is 1. The first-order chi connectivity index (χ1) is 7.16. The molecule has 0 aromatic rings. The summed E-state index contributed by atoms with van der Waals surface area (Å²) in [5.41, 5.74) is 4.97. The largest absolute Gasteiger partial charge is 0.370 e. The molecule has 4 nitrogen and oxygen atoms in total. The Hall–Kier alpha value is -1.06. The highest BCUT2D eigenvalue weighted by Gasteiger charge is 1.96. The summed E-state index contributed by atoms with van der Waals surface area (Å²) in [6.07, 6.45) is 3.65. The second kappa shape index (κ2) is 12.9. The summed E-state index contributed by atoms with van der Waals surface area (Å²) < 4.78 is 0. The van der Waals surface area contributed by atoms with Crippen LogP contribution < -0.4 is 11.1 Å². The zero-order valence-electron chi connectivity index (χ0n) is 10.1. The minimum atomic E-state index is -0.252. The van der Waals surface area contributed by atoms with Gasteiger partial charge in [0.05, 0.1) is 0 Å². The van der Waals surface area contributed by atoms with E-state index in [0.717, 1.165) is 19.3 Å². The molecular formula is C11H24N2O2. The fourth-order valence-electron chi connectivity index (χ4n) is 0.954. The normalized spacial score (nSPS) is 8.73. The maximum absolute atomic E-state index is 10.8. The molecule has 0 radical (unpaired) electrons. The predicted octanol–water partition coefficient (Wildman–Crippen LogP) is 1.58. The van der Waals surface area contributed by atoms with E-state index in [1.54, 1.807) is 0 Å². The van der Waals surface area contributed by atoms with Crippen molar-refractivity contribution in [1.29, 1.82) is 0 Å². The molecule has 0 aliphatic heterocycles. The molecule has 0 aliphatic carbocycles. The third-order valence-electron chi connectivity index (χ3n) is 1.74. The number of carbonyl (C=O) groups is 2. The highest BCUT2D eigenvalue weighted by molar-refractivity contribution is 5.75. The van der Waals surface area contributed by atoms with Crippen LogP contribution in [0.1, 0.15) is 52.9 Å². The smallest absolute Gasteiger partial charge is 0.219 e. The molecule has 3 N–H and O–H groups in total. The van der Waals surface area contributed by atoms with Crippen LogP contribution in [0, 0.1) is 0 Å². The summed E-state index contributed by atoms with van der Waals surface area (Å²) >= 11 is 0. The van der Waals surface area contributed by atoms with Crippen molar-refractivity contribution in [3.05, 3.63) is 0 Å². The third kappa shape index (κ3) is 15.7. The lowest BCUT2D eigenvalue weighted by molar-refractivity contribution is -0.121. The van der Waals surface area contributed by atoms with Crippen molar-refractivity contribution in [1.82, 2.24) is 5.32 Å². The molecule has 0 saturated heterocycles. The first kappa shape index (κ1) is 16.4. The van der Waals surface area contributed by atoms with Crippen molar-refractivity contribution in [2.45, 2.75) is 52.9 Å². The molecule has 0 aliphatic rings. The van der Waals surface area contributed by atoms with E-state index >= 15 is 0 Å². The fraction of sp³-hybridized carbons (Fsp3) is 0.818. The minimum Gasteiger partial charge on any atom is -0.370 e. The van der Waals surface area contributed by atoms with Crippen molar-refractivity contribution in [2.24, 2.45) is 5.73 Å². The van der Waals surface area contributed by atoms with Crippen LogP contribution in [-0.4, -0.2) is 18.4 Å². The highest BCUT2D eigenvalue weighted by Crippen LogP contribution is 1.97. The van der Waals surface area contributed by atoms with Gasteiger partial charge in [0, 0.05) is 19.4 Å². The molecule has 0 heterocycles. The average molecular weight is 216 g/mol. The Morgan fingerprint density at radius 1 is 1.13 bits per heavy atom. The second-order valence-electron chi connectivity index (χ2n) is 2.98. The molecular weight excluding hydrogens is 192 g/mol. The summed E-state index contributed by atoms with van der Waals surface area (Å²) in [4.78, 5) is 21.1. The van der Waals surface area contributed by atoms with E-state index in [1.807, 2.05) is 20.8 Å². The molecule has 0 aromatic heterocycles. The molecule has 4 heteroatoms. The van der Waals surface area contributed by atoms with Gasteiger partial charge in [-0.1, -0.05) is 27.2 Å². The fourth-order valence-corrected chi connectivity index (χ4v) is 0.954. The summed E-state index contributed by atoms with van der Waals surface area (Å²) in [6, 6.07) is 0. The van der Waals surface area contributed by atoms with Crippen molar-refractivity contribution in [2.75, 3.05) is 6.54 Å². The zero-order chi connectivity index (χ0) is 12.1. The number of hydrogen-bond donors (Lipinski definition) is 2. The lowest BCUT2D eigenvalue weighted by Crippen LogP contribution is -2.23. The van der Waals surface area contributed by atoms with Gasteiger partial charge in [-0.05, 0) is 12.8 Å². The van der Waals surface area contributed by atoms with Gasteiger partial charge in [0.15, 0.2) is 0 Å². The standard InChI is InChI=1S/C9H18N2O2.C2H6/c1-2-9(13)11-7-5-3-4-6-8(10)12;1-2/h2-7H2,1H3,(H2,10,12)(H,11,13);1-2H3. The maximum atomic E-state index is 10.8. The Bertz CT molecular complexity index is 170. The molecule has 0 atom stereocenters. The van der Waals surface area contributed by atoms with Crippen LogP contribution in [0.15, 0.2) is 0 Å². The van der Waals surface area contributed by atoms with E-state index in [0.29, 0.717) is 19.4 Å². The number of rotatable bonds is 7. The number of nitrogens with one attached hydrogen (secondary N) is 1. The average Bonchev–Trinajstić information content (AvgIpc) is 2.25. The van der Waals surface area contributed by atoms with Crippen molar-refractivity contribution >= 4 is 11.8 Å². The summed E-state index contributed by atoms with van der Waals surface area (Å²) in [6.45, 7) is 6.52. The summed E-state index contributed by atoms with van der Waals surface area (Å²) in [5, 5.41) is 2.77. The highest BCUT2D eigenvalue weighted by atomic mass is 16.1. The molecule has 2 amide bonds. The van der Waals surface area contributed by atoms with Gasteiger partial charge in [-0.3, -0.25) is 9.59 Å². The minimum absolute atomic E-state index is 0.0786. The first-order valence-electron chi connectivity index (χ1n) is 5.71. The lowest BCUT2D eigenvalue weighted by Gasteiger charge is -2.02. The van der Waals surface area contributed by atoms with E-state index < -0.39 is 0 Å². The Labute approximate surface area is 92.6 Å². The van der Waals surface area contributed by atoms with Crippen LogP contribution in [0.4, 0.5) is 0 Å². The van der Waals surface area contributed by atoms with Gasteiger partial charge in [0.2, 0.25) is 11.8 Å². The third-order valence-corrected chi connectivity index (χ3v) is 1.74. The van der Waals surface area contributed by atoms with Gasteiger partial charge < -0.3 is 11.1 Å². The number of unbranched alkanes of at least 4 members (excludes halogenated alkanes) is 2. The van der Waals surface area contributed by atoms with E-state index in [1.165, 1.54) is 0 Å². The Balaban J connectivity index is 0. The SMILES string of the molecule is CC.CCC(=O)NCCCCCC(N)=O. The van der Waals surface area contributed by atoms with Crippen molar-refractivity contribution in [3.8, 4) is 0 Å². The molecule has 90 valence electrons. The van der Waals surface area contributed by atoms with E-state index in [4.69, 9.17) is 5.73 Å². The quantitative estimate of drug-likeness (QED) is 0.634. The van der Waals surface area contributed by atoms with Crippen molar-refractivity contribution < 1.29 is 9.59 Å². The van der Waals surface area contributed by atoms with Gasteiger partial charge in [-0.25, -0.2) is 0 Å². The van der Waals surface area contributed by atoms with Gasteiger partial charge in [-0.15, -0.1) is 0 Å². The monoisotopic (exact) mass is 216 g/mol. The van der Waals surface area contributed by atoms with Gasteiger partial charge in [0.25, 0.3) is 0 Å². The lowest BCUT2D eigenvalue weighted by atomic mass is 10.2. The van der Waals surface area contributed by atoms with Crippen LogP contribution in [0.25, 0.3) is 0 Å². The number of carbonyl (C=O) groups excluding carboxylic acids is 2. The predicted molar refractivity (Wildman–Crippen MR) is 62.3 cm³/mol. The van der Waals surface area contributed by atoms with Gasteiger partial charge in [0.1, 0.15) is 0 Å². The Morgan fingerprint density at radius 3 is 2.20 bits per heavy atom. The molecule has 0 aromatic carbocycles. The molecule has 0 rings (SSSR count). The molecule has 0 fully saturated rings. The summed E-state index contributed by atoms with van der Waals surface area (Å²) in [5.74, 6) is -0.174. The molecule has 0 saturated carbocycles. The van der Waals surface area contributed by atoms with Crippen LogP contribution in [-0.2, 0) is 9.59 Å². The summed E-state index contributed by atoms with van der Waals surface area (Å²) in [7, 11) is 0. The molecule has 0 unspecified atom stereocenters. The van der Waals surface area contributed by atoms with Crippen LogP contribution in [0.3, 0.4) is 0 Å². The topological polar surface area (TPSA) is 72.2 Å². The molecule has 0 spiro atoms. The number of amides is 2. The van der Waals surface area contributed by atoms with Crippen LogP contribution in [0.2, 0.25) is 0 Å². The van der Waals surface area contributed by atoms with Gasteiger partial charge >= 0.3 is 0 Å². The first-order valence-corrected chi connectivity index (χ1v) is 5.71. The number of hydrogen-bond acceptors (Lipinski definition) is 2. The Morgan fingerprint density at radius 2 is 1.73 bits per heavy atom. The zero-order valence-corrected chi connectivity index (χ0v) is 10.1. The molecule has 0 bridgehead atoms. The Kier molecular flexibility index (Phi) is 14.1. The van der Waals surface area contributed by atoms with E-state index in [-0.39, 0.29) is 11.8 Å². The molecule has 15 heavy (non-hydrogen) atoms. The van der Waals surface area contributed by atoms with E-state index in [9.17, 15) is 9.59 Å². The van der Waals surface area contributed by atoms with Crippen LogP contribution in [0.5, 0.6) is 0 Å².